The number of carbonyl (C=O) groups excluding carboxylic acids is 1. The molecule has 0 spiro atoms. The molecule has 4 heteroatoms. The topological polar surface area (TPSA) is 47.9 Å². The maximum Gasteiger partial charge on any atom is 0.535 e. The number of oxime groups is 1. The fourth-order valence-electron chi connectivity index (χ4n) is 1.82. The van der Waals surface area contributed by atoms with Gasteiger partial charge in [-0.15, -0.1) is 0 Å². The molecule has 0 amide bonds. The summed E-state index contributed by atoms with van der Waals surface area (Å²) in [6, 6.07) is 9.50. The van der Waals surface area contributed by atoms with Crippen molar-refractivity contribution in [1.82, 2.24) is 0 Å². The van der Waals surface area contributed by atoms with E-state index in [1.54, 1.807) is 0 Å². The fraction of sp³-hybridized carbons (Fsp3) is 0.529. The van der Waals surface area contributed by atoms with E-state index in [0.717, 1.165) is 49.8 Å². The minimum absolute atomic E-state index is 0.203. The van der Waals surface area contributed by atoms with Crippen LogP contribution in [0.3, 0.4) is 0 Å². The highest BCUT2D eigenvalue weighted by Crippen LogP contribution is 2.07. The molecule has 0 bridgehead atoms. The van der Waals surface area contributed by atoms with E-state index in [1.165, 1.54) is 0 Å². The summed E-state index contributed by atoms with van der Waals surface area (Å²) in [6.45, 7) is 4.47. The summed E-state index contributed by atoms with van der Waals surface area (Å²) in [4.78, 5) is 16.4. The second kappa shape index (κ2) is 10.9. The van der Waals surface area contributed by atoms with Gasteiger partial charge >= 0.3 is 6.16 Å². The van der Waals surface area contributed by atoms with Crippen molar-refractivity contribution in [3.8, 4) is 0 Å². The molecule has 0 atom stereocenters. The molecule has 0 aromatic heterocycles. The summed E-state index contributed by atoms with van der Waals surface area (Å²) in [7, 11) is 0. The average Bonchev–Trinajstić information content (AvgIpc) is 2.53. The average molecular weight is 291 g/mol. The van der Waals surface area contributed by atoms with Crippen LogP contribution in [0.25, 0.3) is 0 Å². The lowest BCUT2D eigenvalue weighted by Crippen LogP contribution is -2.07. The van der Waals surface area contributed by atoms with Gasteiger partial charge in [-0.2, -0.15) is 0 Å². The molecule has 0 N–H and O–H groups in total. The van der Waals surface area contributed by atoms with Crippen molar-refractivity contribution in [3.05, 3.63) is 35.9 Å². The number of hydrogen-bond donors (Lipinski definition) is 0. The van der Waals surface area contributed by atoms with Crippen LogP contribution in [-0.4, -0.2) is 11.9 Å². The summed E-state index contributed by atoms with van der Waals surface area (Å²) in [6.07, 6.45) is 5.33. The van der Waals surface area contributed by atoms with E-state index in [-0.39, 0.29) is 6.61 Å². The molecular weight excluding hydrogens is 266 g/mol. The zero-order valence-electron chi connectivity index (χ0n) is 13.0. The van der Waals surface area contributed by atoms with E-state index < -0.39 is 6.16 Å². The highest BCUT2D eigenvalue weighted by molar-refractivity contribution is 5.84. The SMILES string of the molecule is CCCCC(CCCC)=NOC(=O)OCc1ccccc1. The second-order valence-electron chi connectivity index (χ2n) is 4.98. The summed E-state index contributed by atoms with van der Waals surface area (Å²) in [5, 5.41) is 3.95. The van der Waals surface area contributed by atoms with Crippen molar-refractivity contribution in [2.24, 2.45) is 5.16 Å². The quantitative estimate of drug-likeness (QED) is 0.276. The van der Waals surface area contributed by atoms with Crippen LogP contribution in [0.15, 0.2) is 35.5 Å². The van der Waals surface area contributed by atoms with Gasteiger partial charge < -0.3 is 4.74 Å². The predicted octanol–water partition coefficient (Wildman–Crippen LogP) is 5.08. The second-order valence-corrected chi connectivity index (χ2v) is 4.98. The Hall–Kier alpha value is -1.84. The predicted molar refractivity (Wildman–Crippen MR) is 84.2 cm³/mol. The molecule has 1 aromatic carbocycles. The van der Waals surface area contributed by atoms with Gasteiger partial charge in [-0.05, 0) is 31.2 Å². The molecule has 0 aliphatic carbocycles. The third-order valence-electron chi connectivity index (χ3n) is 3.09. The van der Waals surface area contributed by atoms with Crippen molar-refractivity contribution < 1.29 is 14.4 Å². The van der Waals surface area contributed by atoms with Gasteiger partial charge in [-0.1, -0.05) is 62.2 Å². The first kappa shape index (κ1) is 17.2. The van der Waals surface area contributed by atoms with Crippen LogP contribution in [0.5, 0.6) is 0 Å². The molecule has 0 saturated carbocycles. The van der Waals surface area contributed by atoms with Gasteiger partial charge in [-0.3, -0.25) is 4.84 Å². The Morgan fingerprint density at radius 2 is 1.67 bits per heavy atom. The van der Waals surface area contributed by atoms with Gasteiger partial charge in [0.05, 0.1) is 5.71 Å². The first-order valence-electron chi connectivity index (χ1n) is 7.69. The van der Waals surface area contributed by atoms with Crippen LogP contribution in [-0.2, 0) is 16.2 Å². The lowest BCUT2D eigenvalue weighted by molar-refractivity contribution is 0.0515. The summed E-state index contributed by atoms with van der Waals surface area (Å²) >= 11 is 0. The van der Waals surface area contributed by atoms with Crippen molar-refractivity contribution >= 4 is 11.9 Å². The minimum Gasteiger partial charge on any atom is -0.428 e. The number of rotatable bonds is 9. The molecule has 21 heavy (non-hydrogen) atoms. The van der Waals surface area contributed by atoms with Crippen molar-refractivity contribution in [2.45, 2.75) is 59.0 Å². The highest BCUT2D eigenvalue weighted by atomic mass is 16.8. The third-order valence-corrected chi connectivity index (χ3v) is 3.09. The van der Waals surface area contributed by atoms with E-state index in [0.29, 0.717) is 0 Å². The number of unbranched alkanes of at least 4 members (excludes halogenated alkanes) is 2. The zero-order chi connectivity index (χ0) is 15.3. The maximum atomic E-state index is 11.5. The van der Waals surface area contributed by atoms with E-state index >= 15 is 0 Å². The molecule has 1 rings (SSSR count). The van der Waals surface area contributed by atoms with Gasteiger partial charge in [0, 0.05) is 0 Å². The lowest BCUT2D eigenvalue weighted by atomic mass is 10.1. The molecule has 0 saturated heterocycles. The molecule has 0 unspecified atom stereocenters. The molecule has 0 fully saturated rings. The van der Waals surface area contributed by atoms with Crippen LogP contribution < -0.4 is 0 Å². The number of carbonyl (C=O) groups is 1. The molecule has 4 nitrogen and oxygen atoms in total. The van der Waals surface area contributed by atoms with Gasteiger partial charge in [0.25, 0.3) is 0 Å². The lowest BCUT2D eigenvalue weighted by Gasteiger charge is -2.05. The zero-order valence-corrected chi connectivity index (χ0v) is 13.0. The number of ether oxygens (including phenoxy) is 1. The van der Waals surface area contributed by atoms with Gasteiger partial charge in [0.1, 0.15) is 6.61 Å². The summed E-state index contributed by atoms with van der Waals surface area (Å²) in [5.41, 5.74) is 1.87. The van der Waals surface area contributed by atoms with E-state index in [1.807, 2.05) is 30.3 Å². The van der Waals surface area contributed by atoms with E-state index in [2.05, 4.69) is 19.0 Å². The fourth-order valence-corrected chi connectivity index (χ4v) is 1.82. The normalized spacial score (nSPS) is 10.0. The number of hydrogen-bond acceptors (Lipinski definition) is 4. The van der Waals surface area contributed by atoms with Crippen LogP contribution >= 0.6 is 0 Å². The molecule has 0 aliphatic rings. The Labute approximate surface area is 127 Å². The standard InChI is InChI=1S/C17H25NO3/c1-3-5-12-16(13-6-4-2)18-21-17(19)20-14-15-10-8-7-9-11-15/h7-11H,3-6,12-14H2,1-2H3. The summed E-state index contributed by atoms with van der Waals surface area (Å²) in [5.74, 6) is 0. The van der Waals surface area contributed by atoms with E-state index in [4.69, 9.17) is 9.57 Å². The van der Waals surface area contributed by atoms with Crippen molar-refractivity contribution in [2.75, 3.05) is 0 Å². The van der Waals surface area contributed by atoms with Crippen LogP contribution in [0, 0.1) is 0 Å². The number of benzene rings is 1. The molecule has 0 heterocycles. The van der Waals surface area contributed by atoms with E-state index in [9.17, 15) is 4.79 Å². The minimum atomic E-state index is -0.746. The molecule has 0 radical (unpaired) electrons. The van der Waals surface area contributed by atoms with Gasteiger partial charge in [-0.25, -0.2) is 4.79 Å². The Morgan fingerprint density at radius 3 is 2.24 bits per heavy atom. The van der Waals surface area contributed by atoms with Crippen molar-refractivity contribution in [1.29, 1.82) is 0 Å². The Morgan fingerprint density at radius 1 is 1.05 bits per heavy atom. The van der Waals surface area contributed by atoms with Crippen LogP contribution in [0.2, 0.25) is 0 Å². The van der Waals surface area contributed by atoms with Crippen LogP contribution in [0.4, 0.5) is 4.79 Å². The maximum absolute atomic E-state index is 11.5. The largest absolute Gasteiger partial charge is 0.535 e. The first-order valence-corrected chi connectivity index (χ1v) is 7.69. The van der Waals surface area contributed by atoms with Crippen LogP contribution in [0.1, 0.15) is 57.9 Å². The first-order chi connectivity index (χ1) is 10.3. The Kier molecular flexibility index (Phi) is 8.93. The number of nitrogens with zero attached hydrogens (tertiary/aromatic N) is 1. The van der Waals surface area contributed by atoms with Gasteiger partial charge in [0.2, 0.25) is 0 Å². The van der Waals surface area contributed by atoms with Crippen molar-refractivity contribution in [3.63, 3.8) is 0 Å². The van der Waals surface area contributed by atoms with Gasteiger partial charge in [0.15, 0.2) is 0 Å². The molecule has 116 valence electrons. The third kappa shape index (κ3) is 8.12. The highest BCUT2D eigenvalue weighted by Gasteiger charge is 2.06. The summed E-state index contributed by atoms with van der Waals surface area (Å²) < 4.78 is 5.02. The molecule has 1 aromatic rings. The molecule has 0 aliphatic heterocycles. The monoisotopic (exact) mass is 291 g/mol. The molecular formula is C17H25NO3. The Balaban J connectivity index is 2.37. The smallest absolute Gasteiger partial charge is 0.428 e. The Bertz CT molecular complexity index is 419.